The monoisotopic (exact) mass is 249 g/mol. The normalized spacial score (nSPS) is 11.5. The van der Waals surface area contributed by atoms with Crippen LogP contribution < -0.4 is 5.32 Å². The van der Waals surface area contributed by atoms with Crippen LogP contribution >= 0.6 is 11.6 Å². The van der Waals surface area contributed by atoms with Crippen molar-refractivity contribution in [3.8, 4) is 0 Å². The van der Waals surface area contributed by atoms with E-state index in [0.717, 1.165) is 5.56 Å². The minimum atomic E-state index is -0.0873. The molecule has 90 valence electrons. The molecule has 1 aromatic carbocycles. The van der Waals surface area contributed by atoms with Gasteiger partial charge in [0.1, 0.15) is 0 Å². The van der Waals surface area contributed by atoms with Crippen molar-refractivity contribution in [2.75, 3.05) is 0 Å². The maximum absolute atomic E-state index is 11.3. The molecule has 0 saturated carbocycles. The van der Waals surface area contributed by atoms with Crippen LogP contribution in [0.5, 0.6) is 0 Å². The third-order valence-corrected chi connectivity index (χ3v) is 2.16. The molecule has 2 nitrogen and oxygen atoms in total. The van der Waals surface area contributed by atoms with Crippen LogP contribution in [0.15, 0.2) is 42.5 Å². The van der Waals surface area contributed by atoms with E-state index >= 15 is 0 Å². The van der Waals surface area contributed by atoms with E-state index in [1.165, 1.54) is 6.08 Å². The summed E-state index contributed by atoms with van der Waals surface area (Å²) < 4.78 is 0. The van der Waals surface area contributed by atoms with Crippen molar-refractivity contribution in [3.63, 3.8) is 0 Å². The summed E-state index contributed by atoms with van der Waals surface area (Å²) in [5.41, 5.74) is 1.01. The predicted octanol–water partition coefficient (Wildman–Crippen LogP) is 3.43. The lowest BCUT2D eigenvalue weighted by Crippen LogP contribution is -2.28. The number of carbonyl (C=O) groups excluding carboxylic acids is 1. The molecule has 0 aliphatic rings. The van der Waals surface area contributed by atoms with E-state index in [9.17, 15) is 4.79 Å². The van der Waals surface area contributed by atoms with Gasteiger partial charge in [0.25, 0.3) is 0 Å². The molecule has 0 fully saturated rings. The summed E-state index contributed by atoms with van der Waals surface area (Å²) in [5.74, 6) is -0.0873. The maximum Gasteiger partial charge on any atom is 0.244 e. The minimum Gasteiger partial charge on any atom is -0.350 e. The molecule has 0 aliphatic heterocycles. The van der Waals surface area contributed by atoms with E-state index in [1.807, 2.05) is 50.3 Å². The van der Waals surface area contributed by atoms with E-state index < -0.39 is 0 Å². The summed E-state index contributed by atoms with van der Waals surface area (Å²) in [6, 6.07) is 7.68. The Bertz CT molecular complexity index is 436. The Hall–Kier alpha value is -1.54. The third kappa shape index (κ3) is 5.93. The van der Waals surface area contributed by atoms with Crippen LogP contribution in [0.4, 0.5) is 0 Å². The summed E-state index contributed by atoms with van der Waals surface area (Å²) in [6.45, 7) is 3.85. The fourth-order valence-corrected chi connectivity index (χ4v) is 1.45. The average Bonchev–Trinajstić information content (AvgIpc) is 2.23. The number of hydrogen-bond acceptors (Lipinski definition) is 1. The van der Waals surface area contributed by atoms with E-state index in [4.69, 9.17) is 11.6 Å². The van der Waals surface area contributed by atoms with Gasteiger partial charge in [0.2, 0.25) is 5.91 Å². The highest BCUT2D eigenvalue weighted by molar-refractivity contribution is 6.30. The first kappa shape index (κ1) is 13.5. The standard InChI is InChI=1S/C14H16ClNO/c1-11(2)16-14(17)9-4-3-6-12-7-5-8-13(15)10-12/h3-11H,1-2H3,(H,16,17)/b6-3+,9-4+. The molecule has 1 N–H and O–H groups in total. The number of benzene rings is 1. The van der Waals surface area contributed by atoms with Gasteiger partial charge in [-0.05, 0) is 31.5 Å². The smallest absolute Gasteiger partial charge is 0.244 e. The Morgan fingerprint density at radius 3 is 2.76 bits per heavy atom. The highest BCUT2D eigenvalue weighted by Crippen LogP contribution is 2.11. The number of rotatable bonds is 4. The van der Waals surface area contributed by atoms with Crippen molar-refractivity contribution in [1.29, 1.82) is 0 Å². The lowest BCUT2D eigenvalue weighted by atomic mass is 10.2. The summed E-state index contributed by atoms with van der Waals surface area (Å²) in [5, 5.41) is 3.47. The fourth-order valence-electron chi connectivity index (χ4n) is 1.25. The van der Waals surface area contributed by atoms with Crippen molar-refractivity contribution < 1.29 is 4.79 Å². The number of amides is 1. The Morgan fingerprint density at radius 1 is 1.35 bits per heavy atom. The minimum absolute atomic E-state index is 0.0873. The van der Waals surface area contributed by atoms with Gasteiger partial charge in [-0.2, -0.15) is 0 Å². The summed E-state index contributed by atoms with van der Waals surface area (Å²) in [7, 11) is 0. The number of hydrogen-bond donors (Lipinski definition) is 1. The highest BCUT2D eigenvalue weighted by atomic mass is 35.5. The zero-order valence-corrected chi connectivity index (χ0v) is 10.7. The molecule has 0 saturated heterocycles. The molecule has 0 spiro atoms. The van der Waals surface area contributed by atoms with Crippen LogP contribution in [0, 0.1) is 0 Å². The van der Waals surface area contributed by atoms with E-state index in [1.54, 1.807) is 6.08 Å². The molecule has 0 atom stereocenters. The average molecular weight is 250 g/mol. The Labute approximate surface area is 107 Å². The zero-order valence-electron chi connectivity index (χ0n) is 9.98. The molecule has 0 radical (unpaired) electrons. The van der Waals surface area contributed by atoms with Crippen LogP contribution in [0.3, 0.4) is 0 Å². The van der Waals surface area contributed by atoms with E-state index in [0.29, 0.717) is 5.02 Å². The van der Waals surface area contributed by atoms with Gasteiger partial charge in [-0.25, -0.2) is 0 Å². The number of allylic oxidation sites excluding steroid dienone is 2. The van der Waals surface area contributed by atoms with Crippen LogP contribution in [0.2, 0.25) is 5.02 Å². The molecular formula is C14H16ClNO. The molecule has 17 heavy (non-hydrogen) atoms. The van der Waals surface area contributed by atoms with Crippen LogP contribution in [0.25, 0.3) is 6.08 Å². The van der Waals surface area contributed by atoms with Crippen molar-refractivity contribution in [3.05, 3.63) is 53.1 Å². The van der Waals surface area contributed by atoms with Gasteiger partial charge in [-0.15, -0.1) is 0 Å². The summed E-state index contributed by atoms with van der Waals surface area (Å²) >= 11 is 5.85. The second kappa shape index (κ2) is 6.92. The van der Waals surface area contributed by atoms with Gasteiger partial charge >= 0.3 is 0 Å². The molecule has 0 aromatic heterocycles. The van der Waals surface area contributed by atoms with Gasteiger partial charge in [0, 0.05) is 17.1 Å². The predicted molar refractivity (Wildman–Crippen MR) is 72.9 cm³/mol. The highest BCUT2D eigenvalue weighted by Gasteiger charge is 1.95. The molecule has 0 aliphatic carbocycles. The first-order valence-corrected chi connectivity index (χ1v) is 5.86. The second-order valence-electron chi connectivity index (χ2n) is 3.94. The van der Waals surface area contributed by atoms with Crippen molar-refractivity contribution in [1.82, 2.24) is 5.32 Å². The van der Waals surface area contributed by atoms with Gasteiger partial charge in [-0.3, -0.25) is 4.79 Å². The van der Waals surface area contributed by atoms with E-state index in [-0.39, 0.29) is 11.9 Å². The van der Waals surface area contributed by atoms with Crippen LogP contribution in [-0.2, 0) is 4.79 Å². The molecule has 3 heteroatoms. The second-order valence-corrected chi connectivity index (χ2v) is 4.37. The zero-order chi connectivity index (χ0) is 12.7. The Balaban J connectivity index is 2.50. The Kier molecular flexibility index (Phi) is 5.50. The number of halogens is 1. The topological polar surface area (TPSA) is 29.1 Å². The molecule has 0 unspecified atom stereocenters. The lowest BCUT2D eigenvalue weighted by Gasteiger charge is -2.03. The molecule has 0 bridgehead atoms. The van der Waals surface area contributed by atoms with Gasteiger partial charge in [0.15, 0.2) is 0 Å². The first-order chi connectivity index (χ1) is 8.08. The van der Waals surface area contributed by atoms with Gasteiger partial charge < -0.3 is 5.32 Å². The molecule has 1 rings (SSSR count). The van der Waals surface area contributed by atoms with Gasteiger partial charge in [-0.1, -0.05) is 42.0 Å². The third-order valence-electron chi connectivity index (χ3n) is 1.93. The quantitative estimate of drug-likeness (QED) is 0.643. The first-order valence-electron chi connectivity index (χ1n) is 5.49. The molecule has 1 aromatic rings. The van der Waals surface area contributed by atoms with Gasteiger partial charge in [0.05, 0.1) is 0 Å². The van der Waals surface area contributed by atoms with Crippen molar-refractivity contribution >= 4 is 23.6 Å². The Morgan fingerprint density at radius 2 is 2.12 bits per heavy atom. The molecule has 0 heterocycles. The van der Waals surface area contributed by atoms with Crippen LogP contribution in [-0.4, -0.2) is 11.9 Å². The molecular weight excluding hydrogens is 234 g/mol. The number of carbonyl (C=O) groups is 1. The summed E-state index contributed by atoms with van der Waals surface area (Å²) in [6.07, 6.45) is 6.91. The largest absolute Gasteiger partial charge is 0.350 e. The van der Waals surface area contributed by atoms with Crippen molar-refractivity contribution in [2.45, 2.75) is 19.9 Å². The molecule has 1 amide bonds. The SMILES string of the molecule is CC(C)NC(=O)/C=C/C=C/c1cccc(Cl)c1. The van der Waals surface area contributed by atoms with Crippen molar-refractivity contribution in [2.24, 2.45) is 0 Å². The fraction of sp³-hybridized carbons (Fsp3) is 0.214. The number of nitrogens with one attached hydrogen (secondary N) is 1. The summed E-state index contributed by atoms with van der Waals surface area (Å²) in [4.78, 5) is 11.3. The van der Waals surface area contributed by atoms with Crippen LogP contribution in [0.1, 0.15) is 19.4 Å². The van der Waals surface area contributed by atoms with E-state index in [2.05, 4.69) is 5.32 Å². The maximum atomic E-state index is 11.3. The lowest BCUT2D eigenvalue weighted by molar-refractivity contribution is -0.116.